The predicted octanol–water partition coefficient (Wildman–Crippen LogP) is 6.13. The monoisotopic (exact) mass is 474 g/mol. The van der Waals surface area contributed by atoms with E-state index in [-0.39, 0.29) is 17.3 Å². The van der Waals surface area contributed by atoms with Crippen LogP contribution in [0.5, 0.6) is 0 Å². The van der Waals surface area contributed by atoms with Crippen LogP contribution in [-0.4, -0.2) is 40.3 Å². The SMILES string of the molecule is CC.CC(C)C(=O)C(=O)c1ccccc1.CCCCCCOO.O=C(O)C(=O)c1ccccc1. The molecule has 0 bridgehead atoms. The van der Waals surface area contributed by atoms with E-state index in [1.54, 1.807) is 56.3 Å². The zero-order valence-electron chi connectivity index (χ0n) is 20.8. The Kier molecular flexibility index (Phi) is 21.0. The molecule has 0 amide bonds. The van der Waals surface area contributed by atoms with Crippen LogP contribution in [0, 0.1) is 5.92 Å². The van der Waals surface area contributed by atoms with Crippen LogP contribution >= 0.6 is 0 Å². The largest absolute Gasteiger partial charge is 0.475 e. The molecule has 2 N–H and O–H groups in total. The van der Waals surface area contributed by atoms with Crippen molar-refractivity contribution in [3.63, 3.8) is 0 Å². The number of carbonyl (C=O) groups excluding carboxylic acids is 3. The average molecular weight is 475 g/mol. The number of carboxylic acid groups (broad SMARTS) is 1. The summed E-state index contributed by atoms with van der Waals surface area (Å²) in [7, 11) is 0. The van der Waals surface area contributed by atoms with Gasteiger partial charge in [0.1, 0.15) is 0 Å². The fraction of sp³-hybridized carbons (Fsp3) is 0.407. The quantitative estimate of drug-likeness (QED) is 0.140. The number of rotatable bonds is 10. The Morgan fingerprint density at radius 1 is 0.765 bits per heavy atom. The lowest BCUT2D eigenvalue weighted by atomic mass is 10.00. The smallest absolute Gasteiger partial charge is 0.377 e. The first-order chi connectivity index (χ1) is 16.3. The van der Waals surface area contributed by atoms with Crippen LogP contribution in [0.15, 0.2) is 60.7 Å². The van der Waals surface area contributed by atoms with Gasteiger partial charge in [0.15, 0.2) is 0 Å². The summed E-state index contributed by atoms with van der Waals surface area (Å²) in [5.41, 5.74) is 0.682. The Bertz CT molecular complexity index is 809. The number of Topliss-reactive ketones (excluding diaryl/α,β-unsaturated/α-hetero) is 3. The second kappa shape index (κ2) is 21.7. The number of aliphatic carboxylic acids is 1. The van der Waals surface area contributed by atoms with E-state index < -0.39 is 17.5 Å². The highest BCUT2D eigenvalue weighted by molar-refractivity contribution is 6.44. The second-order valence-corrected chi connectivity index (χ2v) is 7.11. The second-order valence-electron chi connectivity index (χ2n) is 7.11. The summed E-state index contributed by atoms with van der Waals surface area (Å²) in [6.07, 6.45) is 4.61. The standard InChI is InChI=1S/C11H12O2.C8H6O3.C6H14O2.C2H6/c1-8(2)10(12)11(13)9-6-4-3-5-7-9;9-7(8(10)11)6-4-2-1-3-5-6;1-2-3-4-5-6-8-7;1-2/h3-8H,1-2H3;1-5H,(H,10,11);7H,2-6H2,1H3;1-2H3. The van der Waals surface area contributed by atoms with Crippen molar-refractivity contribution >= 4 is 23.3 Å². The van der Waals surface area contributed by atoms with Crippen LogP contribution in [0.1, 0.15) is 81.0 Å². The molecule has 0 atom stereocenters. The molecule has 188 valence electrons. The molecular weight excluding hydrogens is 436 g/mol. The van der Waals surface area contributed by atoms with Crippen LogP contribution < -0.4 is 0 Å². The number of hydrogen-bond acceptors (Lipinski definition) is 6. The molecule has 0 fully saturated rings. The van der Waals surface area contributed by atoms with Crippen molar-refractivity contribution in [3.8, 4) is 0 Å². The normalized spacial score (nSPS) is 9.26. The zero-order chi connectivity index (χ0) is 26.4. The molecule has 0 radical (unpaired) electrons. The van der Waals surface area contributed by atoms with Crippen LogP contribution in [0.25, 0.3) is 0 Å². The highest BCUT2D eigenvalue weighted by atomic mass is 17.1. The Hall–Kier alpha value is -3.16. The lowest BCUT2D eigenvalue weighted by Crippen LogP contribution is -2.19. The van der Waals surface area contributed by atoms with Gasteiger partial charge in [0.25, 0.3) is 5.78 Å². The van der Waals surface area contributed by atoms with Gasteiger partial charge in [0.05, 0.1) is 6.61 Å². The summed E-state index contributed by atoms with van der Waals surface area (Å²) >= 11 is 0. The van der Waals surface area contributed by atoms with Gasteiger partial charge in [-0.05, 0) is 6.42 Å². The molecule has 7 nitrogen and oxygen atoms in total. The lowest BCUT2D eigenvalue weighted by Gasteiger charge is -2.01. The Morgan fingerprint density at radius 3 is 1.56 bits per heavy atom. The van der Waals surface area contributed by atoms with Crippen molar-refractivity contribution in [2.24, 2.45) is 5.92 Å². The first-order valence-electron chi connectivity index (χ1n) is 11.5. The van der Waals surface area contributed by atoms with Crippen molar-refractivity contribution in [1.82, 2.24) is 0 Å². The number of hydrogen-bond donors (Lipinski definition) is 2. The van der Waals surface area contributed by atoms with Gasteiger partial charge in [-0.25, -0.2) is 9.68 Å². The Morgan fingerprint density at radius 2 is 1.21 bits per heavy atom. The fourth-order valence-electron chi connectivity index (χ4n) is 2.30. The van der Waals surface area contributed by atoms with E-state index in [0.29, 0.717) is 12.2 Å². The highest BCUT2D eigenvalue weighted by Gasteiger charge is 2.18. The third kappa shape index (κ3) is 15.6. The fourth-order valence-corrected chi connectivity index (χ4v) is 2.30. The summed E-state index contributed by atoms with van der Waals surface area (Å²) in [5, 5.41) is 16.2. The minimum Gasteiger partial charge on any atom is -0.475 e. The molecule has 7 heteroatoms. The molecule has 0 aromatic heterocycles. The molecule has 2 aromatic rings. The summed E-state index contributed by atoms with van der Waals surface area (Å²) in [4.78, 5) is 47.5. The third-order valence-corrected chi connectivity index (χ3v) is 4.10. The summed E-state index contributed by atoms with van der Waals surface area (Å²) in [6.45, 7) is 10.1. The van der Waals surface area contributed by atoms with Crippen LogP contribution in [0.2, 0.25) is 0 Å². The molecule has 0 aliphatic heterocycles. The highest BCUT2D eigenvalue weighted by Crippen LogP contribution is 2.05. The number of carboxylic acids is 1. The summed E-state index contributed by atoms with van der Waals surface area (Å²) < 4.78 is 0. The minimum atomic E-state index is -1.42. The molecule has 0 heterocycles. The van der Waals surface area contributed by atoms with Gasteiger partial charge in [-0.1, -0.05) is 115 Å². The van der Waals surface area contributed by atoms with E-state index in [4.69, 9.17) is 10.4 Å². The topological polar surface area (TPSA) is 118 Å². The van der Waals surface area contributed by atoms with Gasteiger partial charge in [-0.2, -0.15) is 0 Å². The number of benzene rings is 2. The van der Waals surface area contributed by atoms with Gasteiger partial charge in [-0.15, -0.1) is 0 Å². The molecule has 34 heavy (non-hydrogen) atoms. The first-order valence-corrected chi connectivity index (χ1v) is 11.5. The minimum absolute atomic E-state index is 0.208. The van der Waals surface area contributed by atoms with Crippen molar-refractivity contribution in [2.75, 3.05) is 6.61 Å². The zero-order valence-corrected chi connectivity index (χ0v) is 20.8. The molecule has 0 unspecified atom stereocenters. The van der Waals surface area contributed by atoms with Gasteiger partial charge in [-0.3, -0.25) is 19.6 Å². The first kappa shape index (κ1) is 33.0. The van der Waals surface area contributed by atoms with Gasteiger partial charge in [0, 0.05) is 17.0 Å². The van der Waals surface area contributed by atoms with Gasteiger partial charge in [0.2, 0.25) is 11.6 Å². The maximum absolute atomic E-state index is 11.4. The number of carbonyl (C=O) groups is 4. The molecule has 0 aliphatic rings. The molecule has 0 spiro atoms. The summed E-state index contributed by atoms with van der Waals surface area (Å²) in [6, 6.07) is 16.5. The van der Waals surface area contributed by atoms with Crippen LogP contribution in [0.3, 0.4) is 0 Å². The Labute approximate surface area is 202 Å². The summed E-state index contributed by atoms with van der Waals surface area (Å²) in [5.74, 6) is -3.24. The maximum Gasteiger partial charge on any atom is 0.377 e. The van der Waals surface area contributed by atoms with Crippen LogP contribution in [-0.2, 0) is 14.5 Å². The van der Waals surface area contributed by atoms with E-state index in [1.807, 2.05) is 19.9 Å². The molecular formula is C27H38O7. The van der Waals surface area contributed by atoms with Gasteiger partial charge < -0.3 is 5.11 Å². The van der Waals surface area contributed by atoms with Crippen molar-refractivity contribution in [3.05, 3.63) is 71.8 Å². The van der Waals surface area contributed by atoms with E-state index in [2.05, 4.69) is 11.8 Å². The molecule has 2 rings (SSSR count). The molecule has 2 aromatic carbocycles. The van der Waals surface area contributed by atoms with Gasteiger partial charge >= 0.3 is 5.97 Å². The van der Waals surface area contributed by atoms with E-state index in [9.17, 15) is 19.2 Å². The van der Waals surface area contributed by atoms with Crippen molar-refractivity contribution in [2.45, 2.75) is 60.3 Å². The maximum atomic E-state index is 11.4. The number of unbranched alkanes of at least 4 members (excludes halogenated alkanes) is 3. The third-order valence-electron chi connectivity index (χ3n) is 4.10. The lowest BCUT2D eigenvalue weighted by molar-refractivity contribution is -0.242. The molecule has 0 saturated carbocycles. The van der Waals surface area contributed by atoms with Crippen LogP contribution in [0.4, 0.5) is 0 Å². The predicted molar refractivity (Wildman–Crippen MR) is 133 cm³/mol. The average Bonchev–Trinajstić information content (AvgIpc) is 2.88. The van der Waals surface area contributed by atoms with E-state index in [0.717, 1.165) is 12.8 Å². The molecule has 0 aliphatic carbocycles. The number of ketones is 3. The molecule has 0 saturated heterocycles. The van der Waals surface area contributed by atoms with E-state index in [1.165, 1.54) is 25.0 Å². The van der Waals surface area contributed by atoms with E-state index >= 15 is 0 Å². The van der Waals surface area contributed by atoms with Crippen molar-refractivity contribution in [1.29, 1.82) is 0 Å². The Balaban J connectivity index is 0. The van der Waals surface area contributed by atoms with Crippen molar-refractivity contribution < 1.29 is 34.4 Å².